The maximum absolute atomic E-state index is 12.3. The quantitative estimate of drug-likeness (QED) is 0.373. The third-order valence-electron chi connectivity index (χ3n) is 7.91. The Morgan fingerprint density at radius 3 is 2.64 bits per heavy atom. The number of carbonyl (C=O) groups excluding carboxylic acids is 1. The van der Waals surface area contributed by atoms with Gasteiger partial charge in [-0.3, -0.25) is 0 Å². The summed E-state index contributed by atoms with van der Waals surface area (Å²) in [6, 6.07) is 7.45. The summed E-state index contributed by atoms with van der Waals surface area (Å²) in [4.78, 5) is 17.0. The summed E-state index contributed by atoms with van der Waals surface area (Å²) in [5, 5.41) is 23.8. The Balaban J connectivity index is 1.25. The molecule has 2 saturated carbocycles. The molecule has 39 heavy (non-hydrogen) atoms. The Hall–Kier alpha value is -3.37. The molecule has 0 spiro atoms. The lowest BCUT2D eigenvalue weighted by Gasteiger charge is -2.23. The van der Waals surface area contributed by atoms with E-state index in [-0.39, 0.29) is 34.9 Å². The van der Waals surface area contributed by atoms with Gasteiger partial charge >= 0.3 is 6.09 Å². The molecule has 1 aliphatic heterocycles. The molecule has 3 aliphatic rings. The van der Waals surface area contributed by atoms with Crippen LogP contribution in [0.5, 0.6) is 5.75 Å². The zero-order valence-electron chi connectivity index (χ0n) is 23.0. The van der Waals surface area contributed by atoms with Crippen LogP contribution < -0.4 is 10.6 Å². The smallest absolute Gasteiger partial charge is 0.407 e. The van der Waals surface area contributed by atoms with Crippen LogP contribution in [0.4, 0.5) is 16.4 Å². The van der Waals surface area contributed by atoms with E-state index in [1.807, 2.05) is 23.7 Å². The molecule has 0 unspecified atom stereocenters. The van der Waals surface area contributed by atoms with Crippen molar-refractivity contribution in [3.8, 4) is 5.75 Å². The Morgan fingerprint density at radius 2 is 1.92 bits per heavy atom. The highest BCUT2D eigenvalue weighted by molar-refractivity contribution is 5.96. The van der Waals surface area contributed by atoms with Gasteiger partial charge in [-0.15, -0.1) is 0 Å². The summed E-state index contributed by atoms with van der Waals surface area (Å²) in [5.41, 5.74) is 1.21. The number of pyridine rings is 1. The number of rotatable bonds is 6. The average molecular weight is 536 g/mol. The third kappa shape index (κ3) is 5.27. The van der Waals surface area contributed by atoms with Crippen molar-refractivity contribution in [2.75, 3.05) is 18.5 Å². The summed E-state index contributed by atoms with van der Waals surface area (Å²) in [6.07, 6.45) is 5.17. The molecule has 2 aliphatic carbocycles. The molecule has 3 fully saturated rings. The largest absolute Gasteiger partial charge is 0.507 e. The number of hydrogen-bond donors (Lipinski definition) is 3. The molecule has 208 valence electrons. The van der Waals surface area contributed by atoms with E-state index in [1.165, 1.54) is 0 Å². The molecule has 0 radical (unpaired) electrons. The number of nitrogens with zero attached hydrogens (tertiary/aromatic N) is 3. The van der Waals surface area contributed by atoms with Crippen molar-refractivity contribution in [3.05, 3.63) is 41.7 Å². The summed E-state index contributed by atoms with van der Waals surface area (Å²) in [5.74, 6) is 1.81. The summed E-state index contributed by atoms with van der Waals surface area (Å²) >= 11 is 0. The number of anilines is 2. The number of fused-ring (bicyclic) bond motifs is 1. The number of aromatic nitrogens is 3. The molecule has 2 aromatic heterocycles. The van der Waals surface area contributed by atoms with E-state index >= 15 is 0 Å². The number of carbonyl (C=O) groups is 1. The van der Waals surface area contributed by atoms with Gasteiger partial charge in [-0.05, 0) is 83.4 Å². The van der Waals surface area contributed by atoms with Crippen LogP contribution in [0.25, 0.3) is 10.8 Å². The topological polar surface area (TPSA) is 120 Å². The van der Waals surface area contributed by atoms with Crippen LogP contribution in [-0.2, 0) is 19.7 Å². The number of alkyl carbamates (subject to hydrolysis) is 1. The molecule has 3 N–H and O–H groups in total. The SMILES string of the molecule is CC1(NC(=O)O[C@@H]2CC[C@H](c3cc(Nc4nccc5c(C6OCCO6)c(O)ccc45)n(C(C)(C)C)n3)C2)CC1. The molecular formula is C29H37N5O5. The molecule has 1 aromatic carbocycles. The number of phenolic OH excluding ortho intramolecular Hbond substituents is 1. The fourth-order valence-electron chi connectivity index (χ4n) is 5.52. The highest BCUT2D eigenvalue weighted by Crippen LogP contribution is 2.41. The van der Waals surface area contributed by atoms with Crippen molar-refractivity contribution in [1.82, 2.24) is 20.1 Å². The molecule has 10 heteroatoms. The Bertz CT molecular complexity index is 1390. The minimum Gasteiger partial charge on any atom is -0.507 e. The van der Waals surface area contributed by atoms with Crippen molar-refractivity contribution in [2.24, 2.45) is 0 Å². The molecule has 10 nitrogen and oxygen atoms in total. The zero-order chi connectivity index (χ0) is 27.4. The average Bonchev–Trinajstić information content (AvgIpc) is 3.32. The van der Waals surface area contributed by atoms with Crippen LogP contribution in [0.3, 0.4) is 0 Å². The highest BCUT2D eigenvalue weighted by atomic mass is 16.7. The number of ether oxygens (including phenoxy) is 3. The first kappa shape index (κ1) is 25.9. The first-order chi connectivity index (χ1) is 18.6. The summed E-state index contributed by atoms with van der Waals surface area (Å²) < 4.78 is 19.1. The lowest BCUT2D eigenvalue weighted by atomic mass is 10.0. The molecule has 6 rings (SSSR count). The predicted octanol–water partition coefficient (Wildman–Crippen LogP) is 5.60. The van der Waals surface area contributed by atoms with Crippen LogP contribution in [0.15, 0.2) is 30.5 Å². The first-order valence-corrected chi connectivity index (χ1v) is 13.8. The van der Waals surface area contributed by atoms with Crippen LogP contribution >= 0.6 is 0 Å². The van der Waals surface area contributed by atoms with Gasteiger partial charge < -0.3 is 30.0 Å². The summed E-state index contributed by atoms with van der Waals surface area (Å²) in [6.45, 7) is 9.35. The molecule has 0 bridgehead atoms. The van der Waals surface area contributed by atoms with Crippen molar-refractivity contribution in [2.45, 2.75) is 89.2 Å². The first-order valence-electron chi connectivity index (χ1n) is 13.8. The fraction of sp³-hybridized carbons (Fsp3) is 0.552. The molecule has 2 atom stereocenters. The van der Waals surface area contributed by atoms with Crippen LogP contribution in [0.2, 0.25) is 0 Å². The number of benzene rings is 1. The van der Waals surface area contributed by atoms with Crippen LogP contribution in [-0.4, -0.2) is 50.8 Å². The van der Waals surface area contributed by atoms with Crippen molar-refractivity contribution in [1.29, 1.82) is 0 Å². The second-order valence-corrected chi connectivity index (χ2v) is 12.2. The Morgan fingerprint density at radius 1 is 1.15 bits per heavy atom. The fourth-order valence-corrected chi connectivity index (χ4v) is 5.52. The Kier molecular flexibility index (Phi) is 6.42. The van der Waals surface area contributed by atoms with Crippen LogP contribution in [0, 0.1) is 0 Å². The van der Waals surface area contributed by atoms with E-state index in [9.17, 15) is 9.90 Å². The van der Waals surface area contributed by atoms with Gasteiger partial charge in [0, 0.05) is 29.1 Å². The minimum atomic E-state index is -0.609. The molecular weight excluding hydrogens is 498 g/mol. The van der Waals surface area contributed by atoms with Crippen molar-refractivity contribution in [3.63, 3.8) is 0 Å². The van der Waals surface area contributed by atoms with E-state index in [0.717, 1.165) is 54.4 Å². The number of hydrogen-bond acceptors (Lipinski definition) is 8. The molecule has 3 heterocycles. The lowest BCUT2D eigenvalue weighted by molar-refractivity contribution is -0.0443. The van der Waals surface area contributed by atoms with E-state index < -0.39 is 6.29 Å². The van der Waals surface area contributed by atoms with E-state index in [1.54, 1.807) is 12.3 Å². The predicted molar refractivity (Wildman–Crippen MR) is 146 cm³/mol. The standard InChI is InChI=1S/C29H37N5O5/c1-28(2,3)34-23(16-21(33-34)17-5-6-18(15-17)39-27(36)32-29(4)10-11-29)31-25-20-7-8-22(35)24(19(20)9-12-30-25)26-37-13-14-38-26/h7-9,12,16-18,26,35H,5-6,10-11,13-15H2,1-4H3,(H,30,31)(H,32,36)/t17-,18+/m0/s1. The van der Waals surface area contributed by atoms with Crippen molar-refractivity contribution >= 4 is 28.5 Å². The number of amides is 1. The van der Waals surface area contributed by atoms with Gasteiger partial charge in [0.25, 0.3) is 0 Å². The van der Waals surface area contributed by atoms with Gasteiger partial charge in [-0.25, -0.2) is 14.5 Å². The monoisotopic (exact) mass is 535 g/mol. The maximum atomic E-state index is 12.3. The minimum absolute atomic E-state index is 0.0898. The van der Waals surface area contributed by atoms with Gasteiger partial charge in [-0.2, -0.15) is 5.10 Å². The van der Waals surface area contributed by atoms with E-state index in [2.05, 4.69) is 42.5 Å². The molecule has 1 amide bonds. The van der Waals surface area contributed by atoms with Gasteiger partial charge in [0.2, 0.25) is 0 Å². The number of phenols is 1. The van der Waals surface area contributed by atoms with Gasteiger partial charge in [0.15, 0.2) is 6.29 Å². The van der Waals surface area contributed by atoms with Crippen molar-refractivity contribution < 1.29 is 24.1 Å². The van der Waals surface area contributed by atoms with Gasteiger partial charge in [0.05, 0.1) is 30.0 Å². The molecule has 1 saturated heterocycles. The maximum Gasteiger partial charge on any atom is 0.407 e. The second kappa shape index (κ2) is 9.67. The molecule has 3 aromatic rings. The third-order valence-corrected chi connectivity index (χ3v) is 7.91. The summed E-state index contributed by atoms with van der Waals surface area (Å²) in [7, 11) is 0. The van der Waals surface area contributed by atoms with E-state index in [0.29, 0.717) is 24.6 Å². The normalized spacial score (nSPS) is 22.8. The van der Waals surface area contributed by atoms with E-state index in [4.69, 9.17) is 19.3 Å². The van der Waals surface area contributed by atoms with Crippen LogP contribution in [0.1, 0.15) is 83.3 Å². The number of nitrogens with one attached hydrogen (secondary N) is 2. The second-order valence-electron chi connectivity index (χ2n) is 12.2. The highest BCUT2D eigenvalue weighted by Gasteiger charge is 2.40. The number of aromatic hydroxyl groups is 1. The van der Waals surface area contributed by atoms with Gasteiger partial charge in [0.1, 0.15) is 23.5 Å². The zero-order valence-corrected chi connectivity index (χ0v) is 23.0. The Labute approximate surface area is 228 Å². The lowest BCUT2D eigenvalue weighted by Crippen LogP contribution is -2.36. The van der Waals surface area contributed by atoms with Gasteiger partial charge in [-0.1, -0.05) is 0 Å².